The quantitative estimate of drug-likeness (QED) is 0.349. The fourth-order valence-electron chi connectivity index (χ4n) is 8.40. The number of ether oxygens (including phenoxy) is 1. The van der Waals surface area contributed by atoms with Crippen LogP contribution in [-0.4, -0.2) is 56.6 Å². The van der Waals surface area contributed by atoms with E-state index in [-0.39, 0.29) is 17.9 Å². The number of methoxy groups -OCH3 is 1. The van der Waals surface area contributed by atoms with Crippen LogP contribution in [0.15, 0.2) is 48.5 Å². The van der Waals surface area contributed by atoms with Crippen LogP contribution in [0.4, 0.5) is 5.69 Å². The summed E-state index contributed by atoms with van der Waals surface area (Å²) >= 11 is 0. The van der Waals surface area contributed by atoms with Gasteiger partial charge in [0.2, 0.25) is 21.8 Å². The Morgan fingerprint density at radius 1 is 1.00 bits per heavy atom. The van der Waals surface area contributed by atoms with E-state index < -0.39 is 34.1 Å². The molecule has 8 nitrogen and oxygen atoms in total. The molecule has 0 aliphatic heterocycles. The van der Waals surface area contributed by atoms with E-state index in [4.69, 9.17) is 4.74 Å². The summed E-state index contributed by atoms with van der Waals surface area (Å²) < 4.78 is 32.9. The molecule has 4 fully saturated rings. The molecule has 2 aromatic carbocycles. The van der Waals surface area contributed by atoms with Gasteiger partial charge < -0.3 is 15.0 Å². The van der Waals surface area contributed by atoms with Gasteiger partial charge in [-0.1, -0.05) is 31.2 Å². The molecule has 4 aliphatic carbocycles. The van der Waals surface area contributed by atoms with Crippen molar-refractivity contribution in [3.05, 3.63) is 59.7 Å². The molecular formula is C35H49N3O5S. The summed E-state index contributed by atoms with van der Waals surface area (Å²) in [6, 6.07) is 14.5. The number of nitrogens with one attached hydrogen (secondary N) is 1. The van der Waals surface area contributed by atoms with Gasteiger partial charge in [-0.2, -0.15) is 0 Å². The number of sulfonamides is 1. The zero-order valence-electron chi connectivity index (χ0n) is 27.1. The number of rotatable bonds is 11. The first-order valence-corrected chi connectivity index (χ1v) is 17.9. The van der Waals surface area contributed by atoms with Crippen molar-refractivity contribution >= 4 is 27.5 Å². The fraction of sp³-hybridized carbons (Fsp3) is 0.600. The van der Waals surface area contributed by atoms with Crippen LogP contribution in [0.25, 0.3) is 0 Å². The second-order valence-corrected chi connectivity index (χ2v) is 16.5. The Kier molecular flexibility index (Phi) is 9.09. The third-order valence-electron chi connectivity index (χ3n) is 9.86. The van der Waals surface area contributed by atoms with Gasteiger partial charge in [-0.25, -0.2) is 8.42 Å². The second kappa shape index (κ2) is 12.4. The van der Waals surface area contributed by atoms with Crippen LogP contribution in [-0.2, 0) is 31.6 Å². The third kappa shape index (κ3) is 7.08. The lowest BCUT2D eigenvalue weighted by atomic mass is 9.48. The van der Waals surface area contributed by atoms with Gasteiger partial charge in [0, 0.05) is 12.1 Å². The van der Waals surface area contributed by atoms with E-state index in [0.717, 1.165) is 29.6 Å². The highest BCUT2D eigenvalue weighted by atomic mass is 32.2. The van der Waals surface area contributed by atoms with Crippen LogP contribution in [0.3, 0.4) is 0 Å². The van der Waals surface area contributed by atoms with Crippen LogP contribution in [0, 0.1) is 17.8 Å². The second-order valence-electron chi connectivity index (χ2n) is 14.6. The lowest BCUT2D eigenvalue weighted by molar-refractivity contribution is -0.141. The van der Waals surface area contributed by atoms with Crippen molar-refractivity contribution in [3.63, 3.8) is 0 Å². The predicted octanol–water partition coefficient (Wildman–Crippen LogP) is 5.65. The summed E-state index contributed by atoms with van der Waals surface area (Å²) in [7, 11) is -2.23. The summed E-state index contributed by atoms with van der Waals surface area (Å²) in [5, 5.41) is 3.00. The molecule has 0 spiro atoms. The molecule has 44 heavy (non-hydrogen) atoms. The molecule has 9 heteroatoms. The molecule has 0 radical (unpaired) electrons. The Labute approximate surface area is 263 Å². The molecule has 4 aliphatic rings. The molecule has 240 valence electrons. The average Bonchev–Trinajstić information content (AvgIpc) is 2.93. The molecule has 1 atom stereocenters. The van der Waals surface area contributed by atoms with Crippen molar-refractivity contribution in [1.29, 1.82) is 0 Å². The first kappa shape index (κ1) is 32.3. The summed E-state index contributed by atoms with van der Waals surface area (Å²) in [5.41, 5.74) is 2.24. The molecular weight excluding hydrogens is 574 g/mol. The zero-order chi connectivity index (χ0) is 31.9. The number of nitrogens with zero attached hydrogens (tertiary/aromatic N) is 2. The van der Waals surface area contributed by atoms with Gasteiger partial charge >= 0.3 is 0 Å². The molecule has 6 rings (SSSR count). The highest BCUT2D eigenvalue weighted by Gasteiger charge is 2.51. The maximum absolute atomic E-state index is 14.1. The Morgan fingerprint density at radius 3 is 2.09 bits per heavy atom. The van der Waals surface area contributed by atoms with Gasteiger partial charge in [0.25, 0.3) is 0 Å². The highest BCUT2D eigenvalue weighted by molar-refractivity contribution is 7.92. The molecule has 0 heterocycles. The van der Waals surface area contributed by atoms with Crippen LogP contribution in [0.5, 0.6) is 5.75 Å². The molecule has 0 saturated heterocycles. The van der Waals surface area contributed by atoms with Gasteiger partial charge in [-0.3, -0.25) is 13.9 Å². The molecule has 4 saturated carbocycles. The first-order chi connectivity index (χ1) is 20.7. The van der Waals surface area contributed by atoms with Gasteiger partial charge in [0.15, 0.2) is 0 Å². The van der Waals surface area contributed by atoms with Gasteiger partial charge in [-0.05, 0) is 124 Å². The molecule has 1 N–H and O–H groups in total. The first-order valence-electron chi connectivity index (χ1n) is 16.0. The number of amides is 2. The Morgan fingerprint density at radius 2 is 1.59 bits per heavy atom. The van der Waals surface area contributed by atoms with Gasteiger partial charge in [0.1, 0.15) is 18.3 Å². The van der Waals surface area contributed by atoms with Crippen molar-refractivity contribution in [2.45, 2.75) is 96.2 Å². The summed E-state index contributed by atoms with van der Waals surface area (Å²) in [5.74, 6) is 2.34. The van der Waals surface area contributed by atoms with Crippen LogP contribution in [0.1, 0.15) is 83.8 Å². The van der Waals surface area contributed by atoms with E-state index in [1.807, 2.05) is 64.1 Å². The third-order valence-corrected chi connectivity index (χ3v) is 11.0. The van der Waals surface area contributed by atoms with Crippen molar-refractivity contribution in [2.24, 2.45) is 17.8 Å². The van der Waals surface area contributed by atoms with Crippen LogP contribution < -0.4 is 14.4 Å². The minimum absolute atomic E-state index is 0.134. The molecule has 2 amide bonds. The summed E-state index contributed by atoms with van der Waals surface area (Å²) in [6.45, 7) is 7.27. The lowest BCUT2D eigenvalue weighted by Crippen LogP contribution is -2.55. The van der Waals surface area contributed by atoms with E-state index in [9.17, 15) is 18.0 Å². The maximum Gasteiger partial charge on any atom is 0.244 e. The summed E-state index contributed by atoms with van der Waals surface area (Å²) in [4.78, 5) is 29.0. The molecule has 0 aromatic heterocycles. The van der Waals surface area contributed by atoms with E-state index in [1.165, 1.54) is 53.3 Å². The number of carbonyl (C=O) groups is 2. The Hall–Kier alpha value is -3.07. The Bertz CT molecular complexity index is 1430. The van der Waals surface area contributed by atoms with Gasteiger partial charge in [-0.15, -0.1) is 0 Å². The van der Waals surface area contributed by atoms with Crippen molar-refractivity contribution < 1.29 is 22.7 Å². The lowest BCUT2D eigenvalue weighted by Gasteiger charge is -2.57. The number of hydrogen-bond acceptors (Lipinski definition) is 5. The average molecular weight is 624 g/mol. The largest absolute Gasteiger partial charge is 0.497 e. The molecule has 4 bridgehead atoms. The fourth-order valence-corrected chi connectivity index (χ4v) is 9.25. The minimum Gasteiger partial charge on any atom is -0.497 e. The Balaban J connectivity index is 1.42. The normalized spacial score (nSPS) is 24.9. The molecule has 0 unspecified atom stereocenters. The number of anilines is 1. The molecule has 2 aromatic rings. The van der Waals surface area contributed by atoms with Crippen LogP contribution >= 0.6 is 0 Å². The minimum atomic E-state index is -3.80. The van der Waals surface area contributed by atoms with Crippen LogP contribution in [0.2, 0.25) is 0 Å². The standard InChI is InChI=1S/C35H49N3O5S/c1-7-31(33(40)36-34(2,3)4)37(22-24-9-8-10-30(18-24)43-5)32(39)23-38(44(6,41)42)29-13-11-28(12-14-29)35-19-25-15-26(20-35)17-27(16-25)21-35/h8-14,18,25-27,31H,7,15-17,19-23H2,1-6H3,(H,36,40)/t25?,26?,27?,31-,35?/m1/s1. The van der Waals surface area contributed by atoms with E-state index in [2.05, 4.69) is 17.4 Å². The van der Waals surface area contributed by atoms with Crippen molar-refractivity contribution in [2.75, 3.05) is 24.2 Å². The number of carbonyl (C=O) groups excluding carboxylic acids is 2. The topological polar surface area (TPSA) is 96.0 Å². The van der Waals surface area contributed by atoms with Crippen molar-refractivity contribution in [3.8, 4) is 5.75 Å². The SMILES string of the molecule is CC[C@H](C(=O)NC(C)(C)C)N(Cc1cccc(OC)c1)C(=O)CN(c1ccc(C23CC4CC(CC(C4)C2)C3)cc1)S(C)(=O)=O. The monoisotopic (exact) mass is 623 g/mol. The summed E-state index contributed by atoms with van der Waals surface area (Å²) in [6.07, 6.45) is 9.25. The number of benzene rings is 2. The van der Waals surface area contributed by atoms with E-state index in [0.29, 0.717) is 17.9 Å². The zero-order valence-corrected chi connectivity index (χ0v) is 28.0. The smallest absolute Gasteiger partial charge is 0.244 e. The highest BCUT2D eigenvalue weighted by Crippen LogP contribution is 2.60. The van der Waals surface area contributed by atoms with E-state index >= 15 is 0 Å². The van der Waals surface area contributed by atoms with Gasteiger partial charge in [0.05, 0.1) is 19.1 Å². The number of hydrogen-bond donors (Lipinski definition) is 1. The predicted molar refractivity (Wildman–Crippen MR) is 174 cm³/mol. The van der Waals surface area contributed by atoms with E-state index in [1.54, 1.807) is 7.11 Å². The maximum atomic E-state index is 14.1. The van der Waals surface area contributed by atoms with Crippen molar-refractivity contribution in [1.82, 2.24) is 10.2 Å².